The minimum absolute atomic E-state index is 0.0837. The van der Waals surface area contributed by atoms with Gasteiger partial charge in [-0.1, -0.05) is 11.6 Å². The van der Waals surface area contributed by atoms with Gasteiger partial charge in [-0.05, 0) is 33.6 Å². The fraction of sp³-hybridized carbons (Fsp3) is 0.167. The maximum Gasteiger partial charge on any atom is 0.243 e. The average Bonchev–Trinajstić information content (AvgIpc) is 2.48. The van der Waals surface area contributed by atoms with E-state index in [-0.39, 0.29) is 16.6 Å². The van der Waals surface area contributed by atoms with Crippen LogP contribution in [0.5, 0.6) is 5.88 Å². The molecule has 2 rings (SSSR count). The van der Waals surface area contributed by atoms with Crippen molar-refractivity contribution in [2.24, 2.45) is 0 Å². The summed E-state index contributed by atoms with van der Waals surface area (Å²) < 4.78 is 32.4. The third-order valence-electron chi connectivity index (χ3n) is 2.54. The molecule has 0 aliphatic rings. The topological polar surface area (TPSA) is 81.2 Å². The Morgan fingerprint density at radius 1 is 1.38 bits per heavy atom. The molecule has 0 bridgehead atoms. The van der Waals surface area contributed by atoms with E-state index in [0.717, 1.165) is 0 Å². The highest BCUT2D eigenvalue weighted by molar-refractivity contribution is 9.10. The molecule has 21 heavy (non-hydrogen) atoms. The summed E-state index contributed by atoms with van der Waals surface area (Å²) in [5, 5.41) is -0.0852. The van der Waals surface area contributed by atoms with Crippen molar-refractivity contribution in [2.45, 2.75) is 11.4 Å². The van der Waals surface area contributed by atoms with E-state index in [1.165, 1.54) is 25.6 Å². The van der Waals surface area contributed by atoms with Gasteiger partial charge >= 0.3 is 0 Å². The highest BCUT2D eigenvalue weighted by Crippen LogP contribution is 2.22. The lowest BCUT2D eigenvalue weighted by molar-refractivity contribution is 0.397. The van der Waals surface area contributed by atoms with Crippen molar-refractivity contribution in [1.29, 1.82) is 0 Å². The third kappa shape index (κ3) is 4.13. The predicted molar refractivity (Wildman–Crippen MR) is 81.8 cm³/mol. The number of rotatable bonds is 5. The number of hydrogen-bond acceptors (Lipinski definition) is 5. The molecular formula is C12H11BrClN3O3S. The van der Waals surface area contributed by atoms with Gasteiger partial charge in [0.15, 0.2) is 0 Å². The summed E-state index contributed by atoms with van der Waals surface area (Å²) in [6.07, 6.45) is 2.96. The highest BCUT2D eigenvalue weighted by atomic mass is 79.9. The number of aromatic nitrogens is 2. The van der Waals surface area contributed by atoms with E-state index in [1.807, 2.05) is 0 Å². The lowest BCUT2D eigenvalue weighted by Crippen LogP contribution is -2.23. The van der Waals surface area contributed by atoms with Crippen LogP contribution in [0.4, 0.5) is 0 Å². The van der Waals surface area contributed by atoms with Crippen LogP contribution in [-0.2, 0) is 16.6 Å². The van der Waals surface area contributed by atoms with E-state index in [4.69, 9.17) is 16.3 Å². The van der Waals surface area contributed by atoms with E-state index < -0.39 is 10.0 Å². The van der Waals surface area contributed by atoms with Gasteiger partial charge in [0.2, 0.25) is 15.9 Å². The molecule has 6 nitrogen and oxygen atoms in total. The molecule has 0 aliphatic heterocycles. The number of hydrogen-bond donors (Lipinski definition) is 1. The van der Waals surface area contributed by atoms with Crippen molar-refractivity contribution in [1.82, 2.24) is 14.7 Å². The Hall–Kier alpha value is -1.22. The summed E-state index contributed by atoms with van der Waals surface area (Å²) >= 11 is 8.99. The van der Waals surface area contributed by atoms with Crippen LogP contribution in [0.1, 0.15) is 5.56 Å². The molecule has 2 aromatic rings. The molecule has 2 heterocycles. The van der Waals surface area contributed by atoms with Gasteiger partial charge < -0.3 is 4.74 Å². The zero-order valence-electron chi connectivity index (χ0n) is 10.9. The van der Waals surface area contributed by atoms with Crippen molar-refractivity contribution < 1.29 is 13.2 Å². The van der Waals surface area contributed by atoms with Crippen LogP contribution in [0.15, 0.2) is 40.0 Å². The first-order valence-electron chi connectivity index (χ1n) is 5.72. The van der Waals surface area contributed by atoms with Gasteiger partial charge in [-0.25, -0.2) is 23.1 Å². The third-order valence-corrected chi connectivity index (χ3v) is 4.80. The first kappa shape index (κ1) is 16.2. The maximum atomic E-state index is 12.2. The minimum atomic E-state index is -3.77. The Kier molecular flexibility index (Phi) is 5.15. The Morgan fingerprint density at radius 2 is 2.14 bits per heavy atom. The fourth-order valence-electron chi connectivity index (χ4n) is 1.52. The molecule has 9 heteroatoms. The molecule has 0 fully saturated rings. The number of pyridine rings is 2. The van der Waals surface area contributed by atoms with Crippen molar-refractivity contribution in [3.05, 3.63) is 45.8 Å². The van der Waals surface area contributed by atoms with Crippen molar-refractivity contribution >= 4 is 37.6 Å². The molecule has 0 aliphatic carbocycles. The van der Waals surface area contributed by atoms with Gasteiger partial charge in [-0.3, -0.25) is 0 Å². The molecule has 1 N–H and O–H groups in total. The second-order valence-electron chi connectivity index (χ2n) is 3.97. The Morgan fingerprint density at radius 3 is 2.86 bits per heavy atom. The largest absolute Gasteiger partial charge is 0.481 e. The Labute approximate surface area is 135 Å². The Bertz CT molecular complexity index is 755. The van der Waals surface area contributed by atoms with Crippen molar-refractivity contribution in [2.75, 3.05) is 7.11 Å². The van der Waals surface area contributed by atoms with Crippen LogP contribution in [0.2, 0.25) is 5.15 Å². The molecular weight excluding hydrogens is 382 g/mol. The van der Waals surface area contributed by atoms with Crippen molar-refractivity contribution in [3.8, 4) is 5.88 Å². The molecule has 0 unspecified atom stereocenters. The predicted octanol–water partition coefficient (Wildman–Crippen LogP) is 2.38. The number of ether oxygens (including phenoxy) is 1. The number of nitrogens with one attached hydrogen (secondary N) is 1. The summed E-state index contributed by atoms with van der Waals surface area (Å²) in [5.41, 5.74) is 0.713. The monoisotopic (exact) mass is 391 g/mol. The lowest BCUT2D eigenvalue weighted by atomic mass is 10.3. The number of nitrogens with zero attached hydrogens (tertiary/aromatic N) is 2. The summed E-state index contributed by atoms with van der Waals surface area (Å²) in [6, 6.07) is 4.72. The second kappa shape index (κ2) is 6.69. The van der Waals surface area contributed by atoms with E-state index in [1.54, 1.807) is 12.1 Å². The van der Waals surface area contributed by atoms with E-state index in [2.05, 4.69) is 30.6 Å². The normalized spacial score (nSPS) is 11.4. The van der Waals surface area contributed by atoms with Crippen LogP contribution in [0.3, 0.4) is 0 Å². The van der Waals surface area contributed by atoms with Crippen molar-refractivity contribution in [3.63, 3.8) is 0 Å². The number of sulfonamides is 1. The van der Waals surface area contributed by atoms with Gasteiger partial charge in [0.25, 0.3) is 0 Å². The van der Waals surface area contributed by atoms with Gasteiger partial charge in [-0.15, -0.1) is 0 Å². The summed E-state index contributed by atoms with van der Waals surface area (Å²) in [4.78, 5) is 7.66. The van der Waals surface area contributed by atoms with Crippen LogP contribution < -0.4 is 9.46 Å². The van der Waals surface area contributed by atoms with E-state index in [9.17, 15) is 8.42 Å². The molecule has 2 aromatic heterocycles. The zero-order valence-corrected chi connectivity index (χ0v) is 14.0. The molecule has 0 aromatic carbocycles. The van der Waals surface area contributed by atoms with Crippen LogP contribution >= 0.6 is 27.5 Å². The quantitative estimate of drug-likeness (QED) is 0.790. The molecule has 0 atom stereocenters. The summed E-state index contributed by atoms with van der Waals surface area (Å²) in [6.45, 7) is 0.0874. The van der Waals surface area contributed by atoms with Crippen LogP contribution in [-0.4, -0.2) is 25.5 Å². The molecule has 0 amide bonds. The lowest BCUT2D eigenvalue weighted by Gasteiger charge is -2.09. The molecule has 112 valence electrons. The number of methoxy groups -OCH3 is 1. The maximum absolute atomic E-state index is 12.2. The van der Waals surface area contributed by atoms with E-state index in [0.29, 0.717) is 15.9 Å². The molecule has 0 saturated heterocycles. The SMILES string of the molecule is COc1cc(CNS(=O)(=O)c2cc(Br)cnc2Cl)ccn1. The zero-order chi connectivity index (χ0) is 15.5. The Balaban J connectivity index is 2.19. The fourth-order valence-corrected chi connectivity index (χ4v) is 3.48. The van der Waals surface area contributed by atoms with Gasteiger partial charge in [0.05, 0.1) is 7.11 Å². The summed E-state index contributed by atoms with van der Waals surface area (Å²) in [7, 11) is -2.28. The van der Waals surface area contributed by atoms with Gasteiger partial charge in [0.1, 0.15) is 10.0 Å². The first-order valence-corrected chi connectivity index (χ1v) is 8.37. The van der Waals surface area contributed by atoms with Crippen LogP contribution in [0, 0.1) is 0 Å². The highest BCUT2D eigenvalue weighted by Gasteiger charge is 2.19. The second-order valence-corrected chi connectivity index (χ2v) is 6.98. The average molecular weight is 393 g/mol. The summed E-state index contributed by atoms with van der Waals surface area (Å²) in [5.74, 6) is 0.411. The van der Waals surface area contributed by atoms with E-state index >= 15 is 0 Å². The molecule has 0 spiro atoms. The van der Waals surface area contributed by atoms with Gasteiger partial charge in [0, 0.05) is 29.5 Å². The van der Waals surface area contributed by atoms with Gasteiger partial charge in [-0.2, -0.15) is 0 Å². The van der Waals surface area contributed by atoms with Crippen LogP contribution in [0.25, 0.3) is 0 Å². The standard InChI is InChI=1S/C12H11BrClN3O3S/c1-20-11-4-8(2-3-15-11)6-17-21(18,19)10-5-9(13)7-16-12(10)14/h2-5,7,17H,6H2,1H3. The molecule has 0 saturated carbocycles. The number of halogens is 2. The molecule has 0 radical (unpaired) electrons. The first-order chi connectivity index (χ1) is 9.92. The smallest absolute Gasteiger partial charge is 0.243 e. The minimum Gasteiger partial charge on any atom is -0.481 e.